The Balaban J connectivity index is 0.00000180. The number of halogens is 1. The summed E-state index contributed by atoms with van der Waals surface area (Å²) in [5.41, 5.74) is 0. The minimum absolute atomic E-state index is 0. The van der Waals surface area contributed by atoms with Crippen molar-refractivity contribution in [1.82, 2.24) is 15.1 Å². The van der Waals surface area contributed by atoms with Crippen molar-refractivity contribution in [2.75, 3.05) is 23.4 Å². The van der Waals surface area contributed by atoms with Crippen LogP contribution in [0.3, 0.4) is 0 Å². The number of thioether (sulfide) groups is 1. The van der Waals surface area contributed by atoms with Crippen molar-refractivity contribution in [3.05, 3.63) is 12.3 Å². The number of nitrogens with one attached hydrogen (secondary N) is 2. The van der Waals surface area contributed by atoms with E-state index >= 15 is 0 Å². The molecule has 1 atom stereocenters. The average Bonchev–Trinajstić information content (AvgIpc) is 2.78. The third kappa shape index (κ3) is 4.71. The SMILES string of the molecule is CC(C)n1nccc1NC(=O)CC1CSCCN1.Cl. The molecule has 1 saturated heterocycles. The molecule has 1 unspecified atom stereocenters. The normalized spacial score (nSPS) is 19.0. The number of nitrogens with zero attached hydrogens (tertiary/aromatic N) is 2. The highest BCUT2D eigenvalue weighted by Crippen LogP contribution is 2.15. The van der Waals surface area contributed by atoms with Crippen LogP contribution in [0.15, 0.2) is 12.3 Å². The minimum Gasteiger partial charge on any atom is -0.312 e. The Hall–Kier alpha value is -0.720. The van der Waals surface area contributed by atoms with Crippen molar-refractivity contribution < 1.29 is 4.79 Å². The average molecular weight is 305 g/mol. The van der Waals surface area contributed by atoms with Crippen LogP contribution >= 0.6 is 24.2 Å². The molecule has 0 aliphatic carbocycles. The first-order valence-electron chi connectivity index (χ1n) is 6.31. The molecule has 1 aliphatic heterocycles. The molecule has 2 heterocycles. The molecule has 2 N–H and O–H groups in total. The lowest BCUT2D eigenvalue weighted by molar-refractivity contribution is -0.116. The van der Waals surface area contributed by atoms with Gasteiger partial charge in [0.05, 0.1) is 6.20 Å². The van der Waals surface area contributed by atoms with E-state index in [-0.39, 0.29) is 24.4 Å². The zero-order valence-electron chi connectivity index (χ0n) is 11.3. The molecular formula is C12H21ClN4OS. The van der Waals surface area contributed by atoms with Crippen LogP contribution in [0, 0.1) is 0 Å². The topological polar surface area (TPSA) is 59.0 Å². The first-order valence-corrected chi connectivity index (χ1v) is 7.47. The standard InChI is InChI=1S/C12H20N4OS.ClH/c1-9(2)16-11(3-4-14-16)15-12(17)7-10-8-18-6-5-13-10;/h3-4,9-10,13H,5-8H2,1-2H3,(H,15,17);1H. The van der Waals surface area contributed by atoms with Gasteiger partial charge in [0.25, 0.3) is 0 Å². The molecule has 0 bridgehead atoms. The monoisotopic (exact) mass is 304 g/mol. The summed E-state index contributed by atoms with van der Waals surface area (Å²) in [6, 6.07) is 2.37. The van der Waals surface area contributed by atoms with Gasteiger partial charge in [-0.15, -0.1) is 12.4 Å². The van der Waals surface area contributed by atoms with E-state index in [2.05, 4.69) is 15.7 Å². The lowest BCUT2D eigenvalue weighted by Gasteiger charge is -2.22. The van der Waals surface area contributed by atoms with E-state index < -0.39 is 0 Å². The number of hydrogen-bond acceptors (Lipinski definition) is 4. The maximum Gasteiger partial charge on any atom is 0.227 e. The van der Waals surface area contributed by atoms with Crippen molar-refractivity contribution in [2.45, 2.75) is 32.4 Å². The Kier molecular flexibility index (Phi) is 6.68. The van der Waals surface area contributed by atoms with Crippen molar-refractivity contribution in [2.24, 2.45) is 0 Å². The van der Waals surface area contributed by atoms with Gasteiger partial charge in [-0.05, 0) is 13.8 Å². The van der Waals surface area contributed by atoms with E-state index in [1.165, 1.54) is 0 Å². The summed E-state index contributed by atoms with van der Waals surface area (Å²) in [6.45, 7) is 5.08. The van der Waals surface area contributed by atoms with Gasteiger partial charge >= 0.3 is 0 Å². The molecule has 0 spiro atoms. The van der Waals surface area contributed by atoms with Crippen LogP contribution in [-0.4, -0.2) is 39.8 Å². The molecule has 1 amide bonds. The number of aromatic nitrogens is 2. The first kappa shape index (κ1) is 16.3. The minimum atomic E-state index is 0. The molecule has 1 aromatic rings. The van der Waals surface area contributed by atoms with Crippen LogP contribution in [0.4, 0.5) is 5.82 Å². The molecule has 19 heavy (non-hydrogen) atoms. The van der Waals surface area contributed by atoms with Gasteiger partial charge < -0.3 is 10.6 Å². The summed E-state index contributed by atoms with van der Waals surface area (Å²) in [5, 5.41) is 10.5. The molecule has 1 aliphatic rings. The second-order valence-corrected chi connectivity index (χ2v) is 5.88. The molecule has 5 nitrogen and oxygen atoms in total. The highest BCUT2D eigenvalue weighted by Gasteiger charge is 2.17. The number of hydrogen-bond donors (Lipinski definition) is 2. The van der Waals surface area contributed by atoms with Crippen molar-refractivity contribution in [3.63, 3.8) is 0 Å². The number of carbonyl (C=O) groups excluding carboxylic acids is 1. The van der Waals surface area contributed by atoms with Crippen LogP contribution in [-0.2, 0) is 4.79 Å². The predicted molar refractivity (Wildman–Crippen MR) is 82.2 cm³/mol. The predicted octanol–water partition coefficient (Wildman–Crippen LogP) is 1.92. The van der Waals surface area contributed by atoms with E-state index in [1.807, 2.05) is 36.4 Å². The van der Waals surface area contributed by atoms with Gasteiger partial charge in [0.2, 0.25) is 5.91 Å². The van der Waals surface area contributed by atoms with E-state index in [0.29, 0.717) is 12.5 Å². The van der Waals surface area contributed by atoms with Crippen molar-refractivity contribution >= 4 is 35.9 Å². The summed E-state index contributed by atoms with van der Waals surface area (Å²) >= 11 is 1.90. The van der Waals surface area contributed by atoms with E-state index in [0.717, 1.165) is 23.9 Å². The molecular weight excluding hydrogens is 284 g/mol. The third-order valence-electron chi connectivity index (χ3n) is 2.86. The Labute approximate surface area is 124 Å². The Bertz CT molecular complexity index is 404. The van der Waals surface area contributed by atoms with Crippen molar-refractivity contribution in [3.8, 4) is 0 Å². The summed E-state index contributed by atoms with van der Waals surface area (Å²) in [6.07, 6.45) is 2.24. The molecule has 0 saturated carbocycles. The maximum absolute atomic E-state index is 12.0. The molecule has 108 valence electrons. The number of carbonyl (C=O) groups is 1. The Morgan fingerprint density at radius 1 is 1.68 bits per heavy atom. The third-order valence-corrected chi connectivity index (χ3v) is 3.99. The van der Waals surface area contributed by atoms with Gasteiger partial charge in [-0.3, -0.25) is 4.79 Å². The maximum atomic E-state index is 12.0. The molecule has 1 aromatic heterocycles. The summed E-state index contributed by atoms with van der Waals surface area (Å²) in [7, 11) is 0. The summed E-state index contributed by atoms with van der Waals surface area (Å²) in [4.78, 5) is 12.0. The zero-order valence-corrected chi connectivity index (χ0v) is 12.9. The van der Waals surface area contributed by atoms with Gasteiger partial charge in [0, 0.05) is 42.6 Å². The van der Waals surface area contributed by atoms with Gasteiger partial charge in [-0.1, -0.05) is 0 Å². The number of anilines is 1. The zero-order chi connectivity index (χ0) is 13.0. The smallest absolute Gasteiger partial charge is 0.227 e. The molecule has 2 rings (SSSR count). The summed E-state index contributed by atoms with van der Waals surface area (Å²) in [5.74, 6) is 2.98. The highest BCUT2D eigenvalue weighted by atomic mass is 35.5. The highest BCUT2D eigenvalue weighted by molar-refractivity contribution is 7.99. The second kappa shape index (κ2) is 7.77. The molecule has 1 fully saturated rings. The Morgan fingerprint density at radius 2 is 2.47 bits per heavy atom. The van der Waals surface area contributed by atoms with E-state index in [9.17, 15) is 4.79 Å². The van der Waals surface area contributed by atoms with Crippen molar-refractivity contribution in [1.29, 1.82) is 0 Å². The van der Waals surface area contributed by atoms with Crippen LogP contribution in [0.2, 0.25) is 0 Å². The summed E-state index contributed by atoms with van der Waals surface area (Å²) < 4.78 is 1.82. The van der Waals surface area contributed by atoms with Crippen LogP contribution < -0.4 is 10.6 Å². The lowest BCUT2D eigenvalue weighted by Crippen LogP contribution is -2.40. The second-order valence-electron chi connectivity index (χ2n) is 4.73. The fourth-order valence-electron chi connectivity index (χ4n) is 1.99. The molecule has 0 radical (unpaired) electrons. The molecule has 0 aromatic carbocycles. The van der Waals surface area contributed by atoms with Crippen LogP contribution in [0.25, 0.3) is 0 Å². The first-order chi connectivity index (χ1) is 8.66. The largest absolute Gasteiger partial charge is 0.312 e. The van der Waals surface area contributed by atoms with E-state index in [4.69, 9.17) is 0 Å². The van der Waals surface area contributed by atoms with Gasteiger partial charge in [-0.25, -0.2) is 4.68 Å². The Morgan fingerprint density at radius 3 is 3.11 bits per heavy atom. The van der Waals surface area contributed by atoms with Gasteiger partial charge in [-0.2, -0.15) is 16.9 Å². The number of rotatable bonds is 4. The molecule has 7 heteroatoms. The van der Waals surface area contributed by atoms with Crippen LogP contribution in [0.5, 0.6) is 0 Å². The quantitative estimate of drug-likeness (QED) is 0.892. The lowest BCUT2D eigenvalue weighted by atomic mass is 10.2. The fourth-order valence-corrected chi connectivity index (χ4v) is 2.94. The number of amides is 1. The van der Waals surface area contributed by atoms with E-state index in [1.54, 1.807) is 6.20 Å². The van der Waals surface area contributed by atoms with Gasteiger partial charge in [0.15, 0.2) is 0 Å². The van der Waals surface area contributed by atoms with Crippen LogP contribution in [0.1, 0.15) is 26.3 Å². The van der Waals surface area contributed by atoms with Gasteiger partial charge in [0.1, 0.15) is 5.82 Å². The fraction of sp³-hybridized carbons (Fsp3) is 0.667.